The number of halogens is 3. The normalized spacial score (nSPS) is 10.1. The van der Waals surface area contributed by atoms with Crippen LogP contribution in [0.15, 0.2) is 27.1 Å². The third-order valence-corrected chi connectivity index (χ3v) is 3.92. The van der Waals surface area contributed by atoms with Gasteiger partial charge in [-0.3, -0.25) is 0 Å². The molecule has 0 bridgehead atoms. The first kappa shape index (κ1) is 9.75. The molecule has 1 rings (SSSR count). The van der Waals surface area contributed by atoms with Gasteiger partial charge in [0, 0.05) is 14.3 Å². The summed E-state index contributed by atoms with van der Waals surface area (Å²) in [5.74, 6) is 0. The summed E-state index contributed by atoms with van der Waals surface area (Å²) < 4.78 is 2.29. The molecule has 60 valence electrons. The molecule has 1 aromatic carbocycles. The Bertz CT molecular complexity index is 245. The highest BCUT2D eigenvalue weighted by Crippen LogP contribution is 2.26. The minimum atomic E-state index is 1.00. The lowest BCUT2D eigenvalue weighted by molar-refractivity contribution is 1.15. The molecule has 0 unspecified atom stereocenters. The molecule has 0 nitrogen and oxygen atoms in total. The number of benzene rings is 1. The van der Waals surface area contributed by atoms with Crippen LogP contribution in [0, 0.1) is 0 Å². The fourth-order valence-electron chi connectivity index (χ4n) is 0.843. The second kappa shape index (κ2) is 4.63. The van der Waals surface area contributed by atoms with Crippen LogP contribution in [0.25, 0.3) is 0 Å². The molecule has 0 saturated heterocycles. The number of hydrogen-bond donors (Lipinski definition) is 0. The Labute approximate surface area is 91.8 Å². The van der Waals surface area contributed by atoms with Gasteiger partial charge in [0.1, 0.15) is 0 Å². The Balaban J connectivity index is 2.96. The summed E-state index contributed by atoms with van der Waals surface area (Å²) in [5, 5.41) is 1.00. The summed E-state index contributed by atoms with van der Waals surface area (Å²) in [5.41, 5.74) is 1.33. The van der Waals surface area contributed by atoms with Gasteiger partial charge in [-0.05, 0) is 49.9 Å². The van der Waals surface area contributed by atoms with E-state index in [9.17, 15) is 0 Å². The van der Waals surface area contributed by atoms with Crippen LogP contribution in [-0.2, 0) is 6.42 Å². The third-order valence-electron chi connectivity index (χ3n) is 1.40. The van der Waals surface area contributed by atoms with Crippen LogP contribution in [0.1, 0.15) is 5.56 Å². The van der Waals surface area contributed by atoms with E-state index in [-0.39, 0.29) is 0 Å². The van der Waals surface area contributed by atoms with Gasteiger partial charge in [-0.25, -0.2) is 0 Å². The number of aryl methyl sites for hydroxylation is 1. The van der Waals surface area contributed by atoms with Gasteiger partial charge in [0.15, 0.2) is 0 Å². The van der Waals surface area contributed by atoms with Crippen LogP contribution >= 0.6 is 47.8 Å². The monoisotopic (exact) mass is 340 g/mol. The topological polar surface area (TPSA) is 0 Å². The smallest absolute Gasteiger partial charge is 0.0349 e. The molecule has 1 aromatic rings. The van der Waals surface area contributed by atoms with Crippen molar-refractivity contribution in [3.8, 4) is 0 Å². The van der Waals surface area contributed by atoms with Gasteiger partial charge < -0.3 is 0 Å². The zero-order valence-electron chi connectivity index (χ0n) is 5.78. The van der Waals surface area contributed by atoms with Crippen molar-refractivity contribution in [1.29, 1.82) is 0 Å². The van der Waals surface area contributed by atoms with Crippen molar-refractivity contribution in [2.75, 3.05) is 5.33 Å². The van der Waals surface area contributed by atoms with Crippen molar-refractivity contribution < 1.29 is 0 Å². The molecule has 0 aromatic heterocycles. The fourth-order valence-corrected chi connectivity index (χ4v) is 2.14. The van der Waals surface area contributed by atoms with E-state index in [0.717, 1.165) is 16.2 Å². The van der Waals surface area contributed by atoms with E-state index < -0.39 is 0 Å². The Morgan fingerprint density at radius 3 is 2.55 bits per heavy atom. The first-order valence-electron chi connectivity index (χ1n) is 3.24. The van der Waals surface area contributed by atoms with Crippen LogP contribution in [0.3, 0.4) is 0 Å². The lowest BCUT2D eigenvalue weighted by Gasteiger charge is -2.02. The van der Waals surface area contributed by atoms with Crippen molar-refractivity contribution in [1.82, 2.24) is 0 Å². The Kier molecular flexibility index (Phi) is 4.10. The van der Waals surface area contributed by atoms with E-state index >= 15 is 0 Å². The second-order valence-electron chi connectivity index (χ2n) is 2.15. The molecule has 0 heterocycles. The van der Waals surface area contributed by atoms with Crippen molar-refractivity contribution in [3.63, 3.8) is 0 Å². The molecule has 0 saturated carbocycles. The van der Waals surface area contributed by atoms with Crippen LogP contribution in [-0.4, -0.2) is 5.33 Å². The number of alkyl halides is 1. The standard InChI is InChI=1S/C8H7Br3/c9-5-4-6-2-1-3-7(10)8(6)11/h1-3H,4-5H2. The largest absolute Gasteiger partial charge is 0.0924 e. The van der Waals surface area contributed by atoms with E-state index in [0.29, 0.717) is 0 Å². The number of rotatable bonds is 2. The predicted molar refractivity (Wildman–Crippen MR) is 59.3 cm³/mol. The minimum Gasteiger partial charge on any atom is -0.0924 e. The van der Waals surface area contributed by atoms with Gasteiger partial charge in [0.05, 0.1) is 0 Å². The molecule has 0 aliphatic carbocycles. The Morgan fingerprint density at radius 1 is 1.18 bits per heavy atom. The van der Waals surface area contributed by atoms with Gasteiger partial charge in [-0.1, -0.05) is 28.1 Å². The Morgan fingerprint density at radius 2 is 1.91 bits per heavy atom. The van der Waals surface area contributed by atoms with Crippen LogP contribution in [0.2, 0.25) is 0 Å². The van der Waals surface area contributed by atoms with Crippen molar-refractivity contribution >= 4 is 47.8 Å². The van der Waals surface area contributed by atoms with Crippen LogP contribution in [0.5, 0.6) is 0 Å². The Hall–Kier alpha value is 0.660. The molecular weight excluding hydrogens is 336 g/mol. The zero-order valence-corrected chi connectivity index (χ0v) is 10.5. The molecule has 0 N–H and O–H groups in total. The highest BCUT2D eigenvalue weighted by atomic mass is 79.9. The van der Waals surface area contributed by atoms with Gasteiger partial charge >= 0.3 is 0 Å². The minimum absolute atomic E-state index is 1.00. The van der Waals surface area contributed by atoms with E-state index in [1.807, 2.05) is 12.1 Å². The van der Waals surface area contributed by atoms with Gasteiger partial charge in [0.2, 0.25) is 0 Å². The summed E-state index contributed by atoms with van der Waals surface area (Å²) in [7, 11) is 0. The number of hydrogen-bond acceptors (Lipinski definition) is 0. The van der Waals surface area contributed by atoms with Crippen LogP contribution in [0.4, 0.5) is 0 Å². The highest BCUT2D eigenvalue weighted by molar-refractivity contribution is 9.13. The molecule has 0 fully saturated rings. The van der Waals surface area contributed by atoms with Gasteiger partial charge in [-0.2, -0.15) is 0 Å². The molecule has 0 aliphatic heterocycles. The molecule has 0 amide bonds. The summed E-state index contributed by atoms with van der Waals surface area (Å²) in [6.45, 7) is 0. The van der Waals surface area contributed by atoms with E-state index in [1.54, 1.807) is 0 Å². The van der Waals surface area contributed by atoms with E-state index in [4.69, 9.17) is 0 Å². The first-order chi connectivity index (χ1) is 5.25. The molecule has 0 radical (unpaired) electrons. The first-order valence-corrected chi connectivity index (χ1v) is 5.95. The summed E-state index contributed by atoms with van der Waals surface area (Å²) in [6.07, 6.45) is 1.06. The average Bonchev–Trinajstić information content (AvgIpc) is 1.99. The maximum Gasteiger partial charge on any atom is 0.0349 e. The molecule has 0 atom stereocenters. The van der Waals surface area contributed by atoms with Crippen molar-refractivity contribution in [2.45, 2.75) is 6.42 Å². The lowest BCUT2D eigenvalue weighted by Crippen LogP contribution is -1.87. The quantitative estimate of drug-likeness (QED) is 0.708. The van der Waals surface area contributed by atoms with Gasteiger partial charge in [-0.15, -0.1) is 0 Å². The maximum absolute atomic E-state index is 3.51. The molecule has 11 heavy (non-hydrogen) atoms. The SMILES string of the molecule is BrCCc1cccc(Br)c1Br. The van der Waals surface area contributed by atoms with Crippen molar-refractivity contribution in [2.24, 2.45) is 0 Å². The molecule has 3 heteroatoms. The lowest BCUT2D eigenvalue weighted by atomic mass is 10.2. The molecular formula is C8H7Br3. The predicted octanol–water partition coefficient (Wildman–Crippen LogP) is 4.15. The van der Waals surface area contributed by atoms with Crippen molar-refractivity contribution in [3.05, 3.63) is 32.7 Å². The molecule has 0 spiro atoms. The summed E-state index contributed by atoms with van der Waals surface area (Å²) >= 11 is 10.4. The van der Waals surface area contributed by atoms with Crippen LogP contribution < -0.4 is 0 Å². The van der Waals surface area contributed by atoms with E-state index in [2.05, 4.69) is 53.9 Å². The molecule has 0 aliphatic rings. The maximum atomic E-state index is 3.51. The highest BCUT2D eigenvalue weighted by Gasteiger charge is 2.01. The summed E-state index contributed by atoms with van der Waals surface area (Å²) in [6, 6.07) is 6.20. The zero-order chi connectivity index (χ0) is 8.27. The van der Waals surface area contributed by atoms with E-state index in [1.165, 1.54) is 10.0 Å². The average molecular weight is 343 g/mol. The third kappa shape index (κ3) is 2.56. The van der Waals surface area contributed by atoms with Gasteiger partial charge in [0.25, 0.3) is 0 Å². The fraction of sp³-hybridized carbons (Fsp3) is 0.250. The summed E-state index contributed by atoms with van der Waals surface area (Å²) in [4.78, 5) is 0. The second-order valence-corrected chi connectivity index (χ2v) is 4.59.